The summed E-state index contributed by atoms with van der Waals surface area (Å²) in [6.45, 7) is 2.15. The molecule has 11 heavy (non-hydrogen) atoms. The Balaban J connectivity index is 2.28. The molecule has 2 bridgehead atoms. The average Bonchev–Trinajstić information content (AvgIpc) is 1.98. The second kappa shape index (κ2) is 2.47. The van der Waals surface area contributed by atoms with Crippen molar-refractivity contribution in [2.75, 3.05) is 0 Å². The Morgan fingerprint density at radius 2 is 2.18 bits per heavy atom. The van der Waals surface area contributed by atoms with Gasteiger partial charge in [-0.1, -0.05) is 25.5 Å². The first-order chi connectivity index (χ1) is 5.29. The molecule has 0 aromatic carbocycles. The largest absolute Gasteiger partial charge is 0.299 e. The van der Waals surface area contributed by atoms with E-state index in [9.17, 15) is 4.79 Å². The maximum Gasteiger partial charge on any atom is 0.143 e. The quantitative estimate of drug-likeness (QED) is 0.484. The molecule has 0 aromatic rings. The van der Waals surface area contributed by atoms with Crippen LogP contribution in [0.15, 0.2) is 12.2 Å². The Bertz CT molecular complexity index is 205. The summed E-state index contributed by atoms with van der Waals surface area (Å²) in [5.41, 5.74) is 0. The molecule has 0 saturated heterocycles. The van der Waals surface area contributed by atoms with E-state index in [-0.39, 0.29) is 5.92 Å². The molecule has 0 radical (unpaired) electrons. The molecule has 1 fully saturated rings. The van der Waals surface area contributed by atoms with Crippen LogP contribution in [0.5, 0.6) is 0 Å². The molecule has 0 aromatic heterocycles. The fourth-order valence-electron chi connectivity index (χ4n) is 2.27. The number of hydrogen-bond donors (Lipinski definition) is 0. The molecule has 2 rings (SSSR count). The monoisotopic (exact) mass is 150 g/mol. The van der Waals surface area contributed by atoms with Crippen LogP contribution in [0.1, 0.15) is 26.2 Å². The van der Waals surface area contributed by atoms with Crippen LogP contribution in [-0.2, 0) is 4.79 Å². The normalized spacial score (nSPS) is 42.6. The zero-order valence-electron chi connectivity index (χ0n) is 6.92. The minimum absolute atomic E-state index is 0.282. The number of allylic oxidation sites excluding steroid dienone is 2. The van der Waals surface area contributed by atoms with E-state index in [1.54, 1.807) is 0 Å². The highest BCUT2D eigenvalue weighted by Gasteiger charge is 2.35. The molecule has 0 aliphatic heterocycles. The summed E-state index contributed by atoms with van der Waals surface area (Å²) in [5, 5.41) is 0. The summed E-state index contributed by atoms with van der Waals surface area (Å²) in [6, 6.07) is 0. The predicted molar refractivity (Wildman–Crippen MR) is 44.1 cm³/mol. The summed E-state index contributed by atoms with van der Waals surface area (Å²) in [7, 11) is 0. The Morgan fingerprint density at radius 3 is 2.91 bits per heavy atom. The van der Waals surface area contributed by atoms with Crippen LogP contribution in [0, 0.1) is 17.8 Å². The van der Waals surface area contributed by atoms with E-state index >= 15 is 0 Å². The molecule has 0 heterocycles. The topological polar surface area (TPSA) is 17.1 Å². The van der Waals surface area contributed by atoms with Crippen LogP contribution in [0.25, 0.3) is 0 Å². The number of carbonyl (C=O) groups excluding carboxylic acids is 1. The van der Waals surface area contributed by atoms with Gasteiger partial charge in [-0.15, -0.1) is 0 Å². The van der Waals surface area contributed by atoms with E-state index < -0.39 is 0 Å². The van der Waals surface area contributed by atoms with E-state index in [4.69, 9.17) is 0 Å². The van der Waals surface area contributed by atoms with E-state index in [1.165, 1.54) is 6.42 Å². The van der Waals surface area contributed by atoms with Gasteiger partial charge in [0.1, 0.15) is 5.78 Å². The Kier molecular flexibility index (Phi) is 1.59. The zero-order chi connectivity index (χ0) is 7.84. The highest BCUT2D eigenvalue weighted by Crippen LogP contribution is 2.35. The molecule has 0 N–H and O–H groups in total. The first-order valence-corrected chi connectivity index (χ1v) is 4.51. The third kappa shape index (κ3) is 1.03. The highest BCUT2D eigenvalue weighted by atomic mass is 16.1. The SMILES string of the molecule is C[C@@H]1C=CC2CCCC1C2=O. The van der Waals surface area contributed by atoms with Gasteiger partial charge in [0.25, 0.3) is 0 Å². The maximum absolute atomic E-state index is 11.6. The minimum atomic E-state index is 0.282. The van der Waals surface area contributed by atoms with Gasteiger partial charge in [0.2, 0.25) is 0 Å². The molecule has 1 saturated carbocycles. The first-order valence-electron chi connectivity index (χ1n) is 4.51. The van der Waals surface area contributed by atoms with Gasteiger partial charge < -0.3 is 0 Å². The summed E-state index contributed by atoms with van der Waals surface area (Å²) in [5.74, 6) is 1.65. The molecule has 0 amide bonds. The zero-order valence-corrected chi connectivity index (χ0v) is 6.92. The van der Waals surface area contributed by atoms with Gasteiger partial charge in [0.15, 0.2) is 0 Å². The van der Waals surface area contributed by atoms with Crippen molar-refractivity contribution in [3.05, 3.63) is 12.2 Å². The summed E-state index contributed by atoms with van der Waals surface area (Å²) < 4.78 is 0. The van der Waals surface area contributed by atoms with Gasteiger partial charge in [-0.05, 0) is 18.8 Å². The van der Waals surface area contributed by atoms with Crippen LogP contribution in [0.2, 0.25) is 0 Å². The molecule has 0 spiro atoms. The second-order valence-electron chi connectivity index (χ2n) is 3.79. The number of Topliss-reactive ketones (excluding diaryl/α,β-unsaturated/α-hetero) is 1. The van der Waals surface area contributed by atoms with Gasteiger partial charge in [-0.25, -0.2) is 0 Å². The van der Waals surface area contributed by atoms with Gasteiger partial charge in [-0.3, -0.25) is 4.79 Å². The third-order valence-electron chi connectivity index (χ3n) is 3.04. The van der Waals surface area contributed by atoms with Crippen LogP contribution in [0.4, 0.5) is 0 Å². The third-order valence-corrected chi connectivity index (χ3v) is 3.04. The number of carbonyl (C=O) groups is 1. The summed E-state index contributed by atoms with van der Waals surface area (Å²) in [4.78, 5) is 11.6. The van der Waals surface area contributed by atoms with Crippen molar-refractivity contribution in [2.45, 2.75) is 26.2 Å². The van der Waals surface area contributed by atoms with Crippen molar-refractivity contribution in [3.8, 4) is 0 Å². The lowest BCUT2D eigenvalue weighted by molar-refractivity contribution is -0.129. The molecule has 1 nitrogen and oxygen atoms in total. The van der Waals surface area contributed by atoms with E-state index in [2.05, 4.69) is 19.1 Å². The second-order valence-corrected chi connectivity index (χ2v) is 3.79. The van der Waals surface area contributed by atoms with Crippen LogP contribution in [-0.4, -0.2) is 5.78 Å². The van der Waals surface area contributed by atoms with Crippen molar-refractivity contribution in [3.63, 3.8) is 0 Å². The smallest absolute Gasteiger partial charge is 0.143 e. The van der Waals surface area contributed by atoms with Gasteiger partial charge in [0, 0.05) is 11.8 Å². The van der Waals surface area contributed by atoms with Gasteiger partial charge in [-0.2, -0.15) is 0 Å². The molecule has 2 unspecified atom stereocenters. The number of rotatable bonds is 0. The Labute approximate surface area is 67.5 Å². The summed E-state index contributed by atoms with van der Waals surface area (Å²) in [6.07, 6.45) is 7.80. The maximum atomic E-state index is 11.6. The summed E-state index contributed by atoms with van der Waals surface area (Å²) >= 11 is 0. The molecule has 2 aliphatic rings. The van der Waals surface area contributed by atoms with Crippen molar-refractivity contribution in [2.24, 2.45) is 17.8 Å². The molecular weight excluding hydrogens is 136 g/mol. The molecular formula is C10H14O. The first kappa shape index (κ1) is 7.08. The number of hydrogen-bond acceptors (Lipinski definition) is 1. The standard InChI is InChI=1S/C10H14O/c1-7-5-6-8-3-2-4-9(7)10(8)11/h5-9H,2-4H2,1H3/t7-,8?,9?/m1/s1. The van der Waals surface area contributed by atoms with Gasteiger partial charge >= 0.3 is 0 Å². The molecule has 1 heteroatoms. The lowest BCUT2D eigenvalue weighted by atomic mass is 9.70. The van der Waals surface area contributed by atoms with Crippen molar-refractivity contribution in [1.82, 2.24) is 0 Å². The average molecular weight is 150 g/mol. The van der Waals surface area contributed by atoms with Crippen LogP contribution < -0.4 is 0 Å². The Hall–Kier alpha value is -0.590. The predicted octanol–water partition coefficient (Wildman–Crippen LogP) is 2.18. The fraction of sp³-hybridized carbons (Fsp3) is 0.700. The molecule has 60 valence electrons. The van der Waals surface area contributed by atoms with Crippen molar-refractivity contribution >= 4 is 5.78 Å². The highest BCUT2D eigenvalue weighted by molar-refractivity contribution is 5.87. The number of ketones is 1. The molecule has 3 atom stereocenters. The fourth-order valence-corrected chi connectivity index (χ4v) is 2.27. The van der Waals surface area contributed by atoms with Crippen LogP contribution in [0.3, 0.4) is 0 Å². The lowest BCUT2D eigenvalue weighted by Gasteiger charge is -2.32. The van der Waals surface area contributed by atoms with Crippen LogP contribution >= 0.6 is 0 Å². The van der Waals surface area contributed by atoms with E-state index in [0.717, 1.165) is 12.8 Å². The lowest BCUT2D eigenvalue weighted by Crippen LogP contribution is -2.34. The molecule has 2 aliphatic carbocycles. The minimum Gasteiger partial charge on any atom is -0.299 e. The van der Waals surface area contributed by atoms with Gasteiger partial charge in [0.05, 0.1) is 0 Å². The van der Waals surface area contributed by atoms with E-state index in [0.29, 0.717) is 17.6 Å². The Morgan fingerprint density at radius 1 is 1.36 bits per heavy atom. The van der Waals surface area contributed by atoms with Crippen molar-refractivity contribution in [1.29, 1.82) is 0 Å². The van der Waals surface area contributed by atoms with E-state index in [1.807, 2.05) is 0 Å². The number of fused-ring (bicyclic) bond motifs is 2. The van der Waals surface area contributed by atoms with Crippen molar-refractivity contribution < 1.29 is 4.79 Å².